The van der Waals surface area contributed by atoms with E-state index in [1.807, 2.05) is 24.3 Å². The summed E-state index contributed by atoms with van der Waals surface area (Å²) in [5.74, 6) is 1.33. The number of hydrogen-bond acceptors (Lipinski definition) is 3. The lowest BCUT2D eigenvalue weighted by molar-refractivity contribution is 0.294. The van der Waals surface area contributed by atoms with Crippen LogP contribution in [0.2, 0.25) is 0 Å². The van der Waals surface area contributed by atoms with Crippen molar-refractivity contribution in [2.24, 2.45) is 0 Å². The monoisotopic (exact) mass is 298 g/mol. The molecule has 1 aromatic heterocycles. The van der Waals surface area contributed by atoms with Crippen molar-refractivity contribution in [3.63, 3.8) is 0 Å². The van der Waals surface area contributed by atoms with Crippen molar-refractivity contribution in [1.29, 1.82) is 0 Å². The molecule has 0 aliphatic carbocycles. The summed E-state index contributed by atoms with van der Waals surface area (Å²) in [4.78, 5) is 6.33. The first-order chi connectivity index (χ1) is 9.26. The van der Waals surface area contributed by atoms with Crippen molar-refractivity contribution in [2.75, 3.05) is 24.8 Å². The zero-order valence-corrected chi connectivity index (χ0v) is 12.0. The maximum atomic E-state index is 10.3. The third-order valence-electron chi connectivity index (χ3n) is 3.03. The number of aromatic hydroxyl groups is 1. The minimum Gasteiger partial charge on any atom is -0.505 e. The van der Waals surface area contributed by atoms with Crippen LogP contribution in [0.3, 0.4) is 0 Å². The minimum absolute atomic E-state index is 0.243. The molecule has 0 aliphatic heterocycles. The second kappa shape index (κ2) is 6.94. The predicted molar refractivity (Wildman–Crippen MR) is 80.1 cm³/mol. The van der Waals surface area contributed by atoms with Gasteiger partial charge in [-0.25, -0.2) is 0 Å². The fourth-order valence-electron chi connectivity index (χ4n) is 2.05. The van der Waals surface area contributed by atoms with Crippen molar-refractivity contribution >= 4 is 34.1 Å². The summed E-state index contributed by atoms with van der Waals surface area (Å²) in [5.41, 5.74) is 1.48. The van der Waals surface area contributed by atoms with Crippen LogP contribution in [-0.4, -0.2) is 39.8 Å². The number of nitrogens with zero attached hydrogens (tertiary/aromatic N) is 2. The summed E-state index contributed by atoms with van der Waals surface area (Å²) in [7, 11) is 0. The lowest BCUT2D eigenvalue weighted by Crippen LogP contribution is -2.27. The first-order valence-corrected chi connectivity index (χ1v) is 7.23. The number of pyridine rings is 1. The van der Waals surface area contributed by atoms with Gasteiger partial charge in [-0.3, -0.25) is 9.88 Å². The molecular formula is C14H16Cl2N2O. The fraction of sp³-hybridized carbons (Fsp3) is 0.357. The van der Waals surface area contributed by atoms with Gasteiger partial charge in [0, 0.05) is 48.5 Å². The number of phenolic OH excluding ortho intramolecular Hbond substituents is 1. The largest absolute Gasteiger partial charge is 0.505 e. The Morgan fingerprint density at radius 2 is 1.84 bits per heavy atom. The molecular weight excluding hydrogens is 283 g/mol. The SMILES string of the molecule is Oc1c(CN(CCCl)CCCl)ccc2cccnc12. The van der Waals surface area contributed by atoms with Crippen LogP contribution in [0, 0.1) is 0 Å². The Kier molecular flexibility index (Phi) is 5.25. The van der Waals surface area contributed by atoms with Gasteiger partial charge >= 0.3 is 0 Å². The van der Waals surface area contributed by atoms with E-state index in [1.165, 1.54) is 0 Å². The van der Waals surface area contributed by atoms with Gasteiger partial charge in [-0.05, 0) is 6.07 Å². The Balaban J connectivity index is 2.26. The molecule has 0 saturated carbocycles. The third-order valence-corrected chi connectivity index (χ3v) is 3.36. The van der Waals surface area contributed by atoms with E-state index in [9.17, 15) is 5.11 Å². The van der Waals surface area contributed by atoms with Crippen LogP contribution in [0.4, 0.5) is 0 Å². The van der Waals surface area contributed by atoms with Crippen LogP contribution in [0.1, 0.15) is 5.56 Å². The summed E-state index contributed by atoms with van der Waals surface area (Å²) in [5, 5.41) is 11.2. The highest BCUT2D eigenvalue weighted by Gasteiger charge is 2.11. The number of benzene rings is 1. The predicted octanol–water partition coefficient (Wildman–Crippen LogP) is 3.22. The molecule has 1 heterocycles. The van der Waals surface area contributed by atoms with Crippen LogP contribution in [0.25, 0.3) is 10.9 Å². The highest BCUT2D eigenvalue weighted by atomic mass is 35.5. The van der Waals surface area contributed by atoms with E-state index in [0.717, 1.165) is 24.0 Å². The molecule has 0 saturated heterocycles. The van der Waals surface area contributed by atoms with E-state index in [0.29, 0.717) is 23.8 Å². The molecule has 0 atom stereocenters. The second-order valence-electron chi connectivity index (χ2n) is 4.30. The van der Waals surface area contributed by atoms with Gasteiger partial charge in [0.2, 0.25) is 0 Å². The summed E-state index contributed by atoms with van der Waals surface area (Å²) in [6.45, 7) is 2.11. The summed E-state index contributed by atoms with van der Waals surface area (Å²) in [6.07, 6.45) is 1.68. The maximum absolute atomic E-state index is 10.3. The van der Waals surface area contributed by atoms with Gasteiger partial charge in [0.25, 0.3) is 0 Å². The molecule has 5 heteroatoms. The Labute approximate surface area is 122 Å². The molecule has 2 aromatic rings. The highest BCUT2D eigenvalue weighted by Crippen LogP contribution is 2.27. The molecule has 2 rings (SSSR count). The lowest BCUT2D eigenvalue weighted by Gasteiger charge is -2.20. The smallest absolute Gasteiger partial charge is 0.146 e. The summed E-state index contributed by atoms with van der Waals surface area (Å²) < 4.78 is 0. The molecule has 0 aliphatic rings. The number of alkyl halides is 2. The lowest BCUT2D eigenvalue weighted by atomic mass is 10.1. The molecule has 0 amide bonds. The summed E-state index contributed by atoms with van der Waals surface area (Å²) in [6, 6.07) is 7.68. The van der Waals surface area contributed by atoms with Gasteiger partial charge in [-0.15, -0.1) is 23.2 Å². The molecule has 102 valence electrons. The molecule has 1 aromatic carbocycles. The topological polar surface area (TPSA) is 36.4 Å². The van der Waals surface area contributed by atoms with Crippen molar-refractivity contribution in [3.05, 3.63) is 36.0 Å². The summed E-state index contributed by atoms with van der Waals surface area (Å²) >= 11 is 11.5. The van der Waals surface area contributed by atoms with Gasteiger partial charge in [0.15, 0.2) is 0 Å². The number of fused-ring (bicyclic) bond motifs is 1. The Hall–Kier alpha value is -1.03. The van der Waals surface area contributed by atoms with Crippen molar-refractivity contribution < 1.29 is 5.11 Å². The zero-order valence-electron chi connectivity index (χ0n) is 10.5. The average Bonchev–Trinajstić information content (AvgIpc) is 2.43. The van der Waals surface area contributed by atoms with Crippen LogP contribution < -0.4 is 0 Å². The molecule has 0 unspecified atom stereocenters. The van der Waals surface area contributed by atoms with E-state index in [4.69, 9.17) is 23.2 Å². The second-order valence-corrected chi connectivity index (χ2v) is 5.06. The minimum atomic E-state index is 0.243. The van der Waals surface area contributed by atoms with Gasteiger partial charge in [0.05, 0.1) is 0 Å². The average molecular weight is 299 g/mol. The van der Waals surface area contributed by atoms with Crippen LogP contribution in [0.15, 0.2) is 30.5 Å². The molecule has 0 radical (unpaired) electrons. The quantitative estimate of drug-likeness (QED) is 0.832. The number of rotatable bonds is 6. The van der Waals surface area contributed by atoms with E-state index in [1.54, 1.807) is 6.20 Å². The number of hydrogen-bond donors (Lipinski definition) is 1. The van der Waals surface area contributed by atoms with Gasteiger partial charge in [0.1, 0.15) is 11.3 Å². The van der Waals surface area contributed by atoms with E-state index < -0.39 is 0 Å². The normalized spacial score (nSPS) is 11.3. The van der Waals surface area contributed by atoms with E-state index >= 15 is 0 Å². The van der Waals surface area contributed by atoms with Gasteiger partial charge in [-0.2, -0.15) is 0 Å². The van der Waals surface area contributed by atoms with Gasteiger partial charge < -0.3 is 5.11 Å². The van der Waals surface area contributed by atoms with Crippen LogP contribution in [-0.2, 0) is 6.54 Å². The molecule has 19 heavy (non-hydrogen) atoms. The molecule has 0 spiro atoms. The van der Waals surface area contributed by atoms with Crippen LogP contribution >= 0.6 is 23.2 Å². The van der Waals surface area contributed by atoms with Crippen molar-refractivity contribution in [3.8, 4) is 5.75 Å². The first-order valence-electron chi connectivity index (χ1n) is 6.16. The molecule has 3 nitrogen and oxygen atoms in total. The Morgan fingerprint density at radius 1 is 1.11 bits per heavy atom. The Morgan fingerprint density at radius 3 is 2.53 bits per heavy atom. The van der Waals surface area contributed by atoms with E-state index in [-0.39, 0.29) is 5.75 Å². The number of phenols is 1. The zero-order chi connectivity index (χ0) is 13.7. The molecule has 0 bridgehead atoms. The highest BCUT2D eigenvalue weighted by molar-refractivity contribution is 6.18. The Bertz CT molecular complexity index is 542. The first kappa shape index (κ1) is 14.4. The standard InChI is InChI=1S/C14H16Cl2N2O/c15-5-8-18(9-6-16)10-12-4-3-11-2-1-7-17-13(11)14(12)19/h1-4,7,19H,5-6,8-10H2. The number of halogens is 2. The van der Waals surface area contributed by atoms with Crippen molar-refractivity contribution in [2.45, 2.75) is 6.54 Å². The van der Waals surface area contributed by atoms with Crippen LogP contribution in [0.5, 0.6) is 5.75 Å². The van der Waals surface area contributed by atoms with Crippen molar-refractivity contribution in [1.82, 2.24) is 9.88 Å². The molecule has 0 fully saturated rings. The van der Waals surface area contributed by atoms with E-state index in [2.05, 4.69) is 9.88 Å². The third kappa shape index (κ3) is 3.50. The maximum Gasteiger partial charge on any atom is 0.146 e. The fourth-order valence-corrected chi connectivity index (χ4v) is 2.53. The molecule has 1 N–H and O–H groups in total. The van der Waals surface area contributed by atoms with Gasteiger partial charge in [-0.1, -0.05) is 18.2 Å². The number of aromatic nitrogens is 1.